The third-order valence-corrected chi connectivity index (χ3v) is 3.81. The fourth-order valence-corrected chi connectivity index (χ4v) is 2.67. The Hall–Kier alpha value is -2.07. The number of ether oxygens (including phenoxy) is 2. The van der Waals surface area contributed by atoms with E-state index in [2.05, 4.69) is 32.6 Å². The average Bonchev–Trinajstić information content (AvgIpc) is 2.54. The van der Waals surface area contributed by atoms with Gasteiger partial charge in [-0.1, -0.05) is 18.2 Å². The van der Waals surface area contributed by atoms with E-state index in [1.807, 2.05) is 30.3 Å². The topological polar surface area (TPSA) is 21.7 Å². The van der Waals surface area contributed by atoms with Crippen LogP contribution in [0.1, 0.15) is 27.7 Å². The van der Waals surface area contributed by atoms with Crippen molar-refractivity contribution in [3.8, 4) is 17.2 Å². The summed E-state index contributed by atoms with van der Waals surface area (Å²) in [6.45, 7) is 9.89. The van der Waals surface area contributed by atoms with Gasteiger partial charge in [0.1, 0.15) is 18.2 Å². The summed E-state index contributed by atoms with van der Waals surface area (Å²) in [6.07, 6.45) is 0. The molecule has 2 aromatic rings. The number of benzene rings is 2. The molecule has 24 heavy (non-hydrogen) atoms. The monoisotopic (exact) mass is 331 g/mol. The normalized spacial score (nSPS) is 11.3. The standard InChI is InChI=1S/C20H26FNO2/c1-15(2)22(16(3)4)12-13-23-20-14-17(21)10-11-19(20)24-18-8-6-5-7-9-18/h5-11,14-16H,12-13H2,1-4H3. The van der Waals surface area contributed by atoms with Gasteiger partial charge in [-0.25, -0.2) is 4.39 Å². The molecule has 0 unspecified atom stereocenters. The maximum absolute atomic E-state index is 13.6. The van der Waals surface area contributed by atoms with Gasteiger partial charge >= 0.3 is 0 Å². The average molecular weight is 331 g/mol. The Morgan fingerprint density at radius 1 is 0.917 bits per heavy atom. The van der Waals surface area contributed by atoms with E-state index in [-0.39, 0.29) is 5.82 Å². The molecule has 0 bridgehead atoms. The first-order valence-electron chi connectivity index (χ1n) is 8.38. The van der Waals surface area contributed by atoms with Crippen LogP contribution < -0.4 is 9.47 Å². The maximum Gasteiger partial charge on any atom is 0.169 e. The Morgan fingerprint density at radius 3 is 2.21 bits per heavy atom. The number of para-hydroxylation sites is 1. The molecule has 0 saturated carbocycles. The molecular weight excluding hydrogens is 305 g/mol. The molecule has 0 aliphatic carbocycles. The third-order valence-electron chi connectivity index (χ3n) is 3.81. The highest BCUT2D eigenvalue weighted by Gasteiger charge is 2.14. The maximum atomic E-state index is 13.6. The van der Waals surface area contributed by atoms with Crippen molar-refractivity contribution < 1.29 is 13.9 Å². The molecule has 0 aliphatic heterocycles. The highest BCUT2D eigenvalue weighted by Crippen LogP contribution is 2.32. The van der Waals surface area contributed by atoms with E-state index in [1.54, 1.807) is 6.07 Å². The molecule has 0 spiro atoms. The number of hydrogen-bond acceptors (Lipinski definition) is 3. The van der Waals surface area contributed by atoms with Gasteiger partial charge in [-0.2, -0.15) is 0 Å². The molecule has 130 valence electrons. The molecule has 0 amide bonds. The van der Waals surface area contributed by atoms with E-state index in [1.165, 1.54) is 12.1 Å². The number of nitrogens with zero attached hydrogens (tertiary/aromatic N) is 1. The molecule has 0 saturated heterocycles. The van der Waals surface area contributed by atoms with Crippen LogP contribution >= 0.6 is 0 Å². The zero-order valence-electron chi connectivity index (χ0n) is 14.8. The molecule has 0 heterocycles. The molecule has 2 rings (SSSR count). The van der Waals surface area contributed by atoms with E-state index in [9.17, 15) is 4.39 Å². The fraction of sp³-hybridized carbons (Fsp3) is 0.400. The minimum Gasteiger partial charge on any atom is -0.488 e. The van der Waals surface area contributed by atoms with Gasteiger partial charge in [-0.05, 0) is 52.0 Å². The van der Waals surface area contributed by atoms with Crippen molar-refractivity contribution in [3.63, 3.8) is 0 Å². The fourth-order valence-electron chi connectivity index (χ4n) is 2.67. The van der Waals surface area contributed by atoms with Crippen molar-refractivity contribution in [2.45, 2.75) is 39.8 Å². The van der Waals surface area contributed by atoms with Gasteiger partial charge in [0, 0.05) is 24.7 Å². The SMILES string of the molecule is CC(C)N(CCOc1cc(F)ccc1Oc1ccccc1)C(C)C. The lowest BCUT2D eigenvalue weighted by Gasteiger charge is -2.30. The van der Waals surface area contributed by atoms with Crippen molar-refractivity contribution in [2.75, 3.05) is 13.2 Å². The number of rotatable bonds is 8. The van der Waals surface area contributed by atoms with Gasteiger partial charge in [-0.15, -0.1) is 0 Å². The molecule has 3 nitrogen and oxygen atoms in total. The van der Waals surface area contributed by atoms with Crippen molar-refractivity contribution in [1.29, 1.82) is 0 Å². The molecule has 4 heteroatoms. The molecule has 2 aromatic carbocycles. The minimum atomic E-state index is -0.338. The predicted molar refractivity (Wildman–Crippen MR) is 95.4 cm³/mol. The van der Waals surface area contributed by atoms with Gasteiger partial charge in [0.25, 0.3) is 0 Å². The van der Waals surface area contributed by atoms with Crippen LogP contribution in [-0.2, 0) is 0 Å². The van der Waals surface area contributed by atoms with Crippen molar-refractivity contribution in [2.24, 2.45) is 0 Å². The minimum absolute atomic E-state index is 0.338. The van der Waals surface area contributed by atoms with Crippen LogP contribution in [0.2, 0.25) is 0 Å². The van der Waals surface area contributed by atoms with Crippen LogP contribution in [-0.4, -0.2) is 30.1 Å². The molecule has 0 fully saturated rings. The van der Waals surface area contributed by atoms with Crippen molar-refractivity contribution >= 4 is 0 Å². The van der Waals surface area contributed by atoms with Gasteiger partial charge in [-0.3, -0.25) is 4.90 Å². The first kappa shape index (κ1) is 18.3. The molecular formula is C20H26FNO2. The highest BCUT2D eigenvalue weighted by atomic mass is 19.1. The summed E-state index contributed by atoms with van der Waals surface area (Å²) in [5.74, 6) is 1.30. The Kier molecular flexibility index (Phi) is 6.62. The summed E-state index contributed by atoms with van der Waals surface area (Å²) in [7, 11) is 0. The summed E-state index contributed by atoms with van der Waals surface area (Å²) in [4.78, 5) is 2.33. The Bertz CT molecular complexity index is 621. The van der Waals surface area contributed by atoms with Crippen molar-refractivity contribution in [1.82, 2.24) is 4.90 Å². The van der Waals surface area contributed by atoms with E-state index in [0.29, 0.717) is 35.9 Å². The van der Waals surface area contributed by atoms with Crippen LogP contribution in [0.3, 0.4) is 0 Å². The molecule has 0 aliphatic rings. The second-order valence-corrected chi connectivity index (χ2v) is 6.28. The van der Waals surface area contributed by atoms with Gasteiger partial charge in [0.05, 0.1) is 0 Å². The highest BCUT2D eigenvalue weighted by molar-refractivity contribution is 5.43. The summed E-state index contributed by atoms with van der Waals surface area (Å²) in [5.41, 5.74) is 0. The second kappa shape index (κ2) is 8.69. The predicted octanol–water partition coefficient (Wildman–Crippen LogP) is 5.12. The Balaban J connectivity index is 2.05. The molecule has 0 radical (unpaired) electrons. The van der Waals surface area contributed by atoms with E-state index < -0.39 is 0 Å². The molecule has 0 atom stereocenters. The van der Waals surface area contributed by atoms with E-state index in [0.717, 1.165) is 6.54 Å². The lowest BCUT2D eigenvalue weighted by molar-refractivity contribution is 0.140. The van der Waals surface area contributed by atoms with Crippen LogP contribution in [0, 0.1) is 5.82 Å². The second-order valence-electron chi connectivity index (χ2n) is 6.28. The lowest BCUT2D eigenvalue weighted by Crippen LogP contribution is -2.39. The van der Waals surface area contributed by atoms with Gasteiger partial charge < -0.3 is 9.47 Å². The third kappa shape index (κ3) is 5.24. The summed E-state index contributed by atoms with van der Waals surface area (Å²) in [6, 6.07) is 14.6. The lowest BCUT2D eigenvalue weighted by atomic mass is 10.2. The smallest absolute Gasteiger partial charge is 0.169 e. The van der Waals surface area contributed by atoms with E-state index in [4.69, 9.17) is 9.47 Å². The van der Waals surface area contributed by atoms with Gasteiger partial charge in [0.2, 0.25) is 0 Å². The van der Waals surface area contributed by atoms with Crippen LogP contribution in [0.15, 0.2) is 48.5 Å². The first-order chi connectivity index (χ1) is 11.5. The van der Waals surface area contributed by atoms with E-state index >= 15 is 0 Å². The quantitative estimate of drug-likeness (QED) is 0.670. The largest absolute Gasteiger partial charge is 0.488 e. The van der Waals surface area contributed by atoms with Crippen LogP contribution in [0.4, 0.5) is 4.39 Å². The van der Waals surface area contributed by atoms with Crippen LogP contribution in [0.5, 0.6) is 17.2 Å². The van der Waals surface area contributed by atoms with Crippen molar-refractivity contribution in [3.05, 3.63) is 54.3 Å². The number of hydrogen-bond donors (Lipinski definition) is 0. The van der Waals surface area contributed by atoms with Gasteiger partial charge in [0.15, 0.2) is 11.5 Å². The molecule has 0 aromatic heterocycles. The summed E-state index contributed by atoms with van der Waals surface area (Å²) >= 11 is 0. The Labute approximate surface area is 144 Å². The Morgan fingerprint density at radius 2 is 1.58 bits per heavy atom. The van der Waals surface area contributed by atoms with Crippen LogP contribution in [0.25, 0.3) is 0 Å². The molecule has 0 N–H and O–H groups in total. The number of halogens is 1. The summed E-state index contributed by atoms with van der Waals surface area (Å²) < 4.78 is 25.2. The first-order valence-corrected chi connectivity index (χ1v) is 8.38. The zero-order chi connectivity index (χ0) is 17.5. The zero-order valence-corrected chi connectivity index (χ0v) is 14.8. The summed E-state index contributed by atoms with van der Waals surface area (Å²) in [5, 5.41) is 0.